The van der Waals surface area contributed by atoms with Crippen LogP contribution in [0.15, 0.2) is 48.5 Å². The Balaban J connectivity index is 1.61. The molecule has 0 bridgehead atoms. The number of carbonyl (C=O) groups is 1. The van der Waals surface area contributed by atoms with Crippen LogP contribution in [0.25, 0.3) is 0 Å². The minimum absolute atomic E-state index is 0.0164. The van der Waals surface area contributed by atoms with E-state index in [2.05, 4.69) is 6.07 Å². The molecule has 2 aromatic rings. The van der Waals surface area contributed by atoms with Gasteiger partial charge in [0.05, 0.1) is 11.6 Å². The van der Waals surface area contributed by atoms with Crippen molar-refractivity contribution in [2.45, 2.75) is 13.0 Å². The number of aliphatic hydroxyl groups excluding tert-OH is 1. The van der Waals surface area contributed by atoms with E-state index in [0.29, 0.717) is 36.6 Å². The normalized spacial score (nSPS) is 16.5. The molecule has 0 aromatic heterocycles. The molecule has 1 aliphatic heterocycles. The Bertz CT molecular complexity index is 780. The lowest BCUT2D eigenvalue weighted by Gasteiger charge is -2.16. The molecule has 1 fully saturated rings. The first-order valence-electron chi connectivity index (χ1n) is 8.32. The van der Waals surface area contributed by atoms with Gasteiger partial charge in [0.2, 0.25) is 0 Å². The zero-order valence-corrected chi connectivity index (χ0v) is 13.9. The molecule has 2 aromatic carbocycles. The third kappa shape index (κ3) is 3.98. The van der Waals surface area contributed by atoms with Crippen molar-refractivity contribution in [3.8, 4) is 11.8 Å². The van der Waals surface area contributed by atoms with Crippen LogP contribution in [0.3, 0.4) is 0 Å². The minimum Gasteiger partial charge on any atom is -0.489 e. The van der Waals surface area contributed by atoms with Gasteiger partial charge >= 0.3 is 0 Å². The van der Waals surface area contributed by atoms with Crippen LogP contribution in [-0.4, -0.2) is 35.6 Å². The van der Waals surface area contributed by atoms with Crippen LogP contribution in [0.1, 0.15) is 27.9 Å². The molecular weight excluding hydrogens is 316 g/mol. The van der Waals surface area contributed by atoms with Gasteiger partial charge in [0, 0.05) is 36.7 Å². The molecule has 1 unspecified atom stereocenters. The molecule has 5 nitrogen and oxygen atoms in total. The van der Waals surface area contributed by atoms with Crippen molar-refractivity contribution in [3.63, 3.8) is 0 Å². The largest absolute Gasteiger partial charge is 0.489 e. The highest BCUT2D eigenvalue weighted by Gasteiger charge is 2.26. The summed E-state index contributed by atoms with van der Waals surface area (Å²) in [7, 11) is 0. The molecule has 1 saturated heterocycles. The van der Waals surface area contributed by atoms with Gasteiger partial charge in [-0.15, -0.1) is 0 Å². The van der Waals surface area contributed by atoms with E-state index in [0.717, 1.165) is 12.0 Å². The van der Waals surface area contributed by atoms with Gasteiger partial charge in [-0.3, -0.25) is 4.79 Å². The maximum Gasteiger partial charge on any atom is 0.253 e. The van der Waals surface area contributed by atoms with Gasteiger partial charge < -0.3 is 14.7 Å². The Kier molecular flexibility index (Phi) is 5.32. The second-order valence-electron chi connectivity index (χ2n) is 6.17. The number of nitriles is 1. The second kappa shape index (κ2) is 7.82. The molecule has 0 radical (unpaired) electrons. The maximum absolute atomic E-state index is 12.5. The van der Waals surface area contributed by atoms with Gasteiger partial charge in [0.25, 0.3) is 5.91 Å². The molecule has 1 N–H and O–H groups in total. The molecule has 1 amide bonds. The number of hydrogen-bond acceptors (Lipinski definition) is 4. The summed E-state index contributed by atoms with van der Waals surface area (Å²) in [6.07, 6.45) is 0.849. The van der Waals surface area contributed by atoms with Crippen LogP contribution < -0.4 is 4.74 Å². The first-order chi connectivity index (χ1) is 12.2. The van der Waals surface area contributed by atoms with Gasteiger partial charge in [0.1, 0.15) is 12.4 Å². The molecule has 1 heterocycles. The Morgan fingerprint density at radius 3 is 2.68 bits per heavy atom. The highest BCUT2D eigenvalue weighted by atomic mass is 16.5. The fraction of sp³-hybridized carbons (Fsp3) is 0.300. The highest BCUT2D eigenvalue weighted by Crippen LogP contribution is 2.20. The average Bonchev–Trinajstić information content (AvgIpc) is 3.15. The standard InChI is InChI=1S/C20H20N2O3/c21-11-17-3-1-2-4-18(17)14-25-19-7-5-16(6-8-19)20(24)22-10-9-15(12-22)13-23/h1-8,15,23H,9-10,12-14H2. The van der Waals surface area contributed by atoms with E-state index in [4.69, 9.17) is 10.00 Å². The summed E-state index contributed by atoms with van der Waals surface area (Å²) in [6.45, 7) is 1.73. The monoisotopic (exact) mass is 336 g/mol. The lowest BCUT2D eigenvalue weighted by molar-refractivity contribution is 0.0782. The molecule has 1 aliphatic rings. The first-order valence-corrected chi connectivity index (χ1v) is 8.32. The summed E-state index contributed by atoms with van der Waals surface area (Å²) in [5, 5.41) is 18.3. The molecule has 128 valence electrons. The SMILES string of the molecule is N#Cc1ccccc1COc1ccc(C(=O)N2CCC(CO)C2)cc1. The number of likely N-dealkylation sites (tertiary alicyclic amines) is 1. The lowest BCUT2D eigenvalue weighted by Crippen LogP contribution is -2.29. The van der Waals surface area contributed by atoms with E-state index in [-0.39, 0.29) is 18.4 Å². The number of amides is 1. The number of rotatable bonds is 5. The molecular formula is C20H20N2O3. The molecule has 1 atom stereocenters. The van der Waals surface area contributed by atoms with E-state index in [1.165, 1.54) is 0 Å². The predicted octanol–water partition coefficient (Wildman–Crippen LogP) is 2.59. The molecule has 25 heavy (non-hydrogen) atoms. The summed E-state index contributed by atoms with van der Waals surface area (Å²) in [4.78, 5) is 14.2. The van der Waals surface area contributed by atoms with E-state index < -0.39 is 0 Å². The topological polar surface area (TPSA) is 73.6 Å². The van der Waals surface area contributed by atoms with Gasteiger partial charge in [-0.2, -0.15) is 5.26 Å². The smallest absolute Gasteiger partial charge is 0.253 e. The van der Waals surface area contributed by atoms with Gasteiger partial charge in [0.15, 0.2) is 0 Å². The summed E-state index contributed by atoms with van der Waals surface area (Å²) >= 11 is 0. The van der Waals surface area contributed by atoms with Crippen molar-refractivity contribution in [2.24, 2.45) is 5.92 Å². The van der Waals surface area contributed by atoms with Crippen molar-refractivity contribution >= 4 is 5.91 Å². The van der Waals surface area contributed by atoms with Gasteiger partial charge in [-0.25, -0.2) is 0 Å². The number of ether oxygens (including phenoxy) is 1. The summed E-state index contributed by atoms with van der Waals surface area (Å²) < 4.78 is 5.72. The fourth-order valence-corrected chi connectivity index (χ4v) is 2.96. The van der Waals surface area contributed by atoms with Crippen LogP contribution in [0.2, 0.25) is 0 Å². The second-order valence-corrected chi connectivity index (χ2v) is 6.17. The number of carbonyl (C=O) groups excluding carboxylic acids is 1. The molecule has 0 spiro atoms. The van der Waals surface area contributed by atoms with E-state index in [1.54, 1.807) is 35.2 Å². The van der Waals surface area contributed by atoms with Crippen LogP contribution in [-0.2, 0) is 6.61 Å². The van der Waals surface area contributed by atoms with E-state index in [9.17, 15) is 9.90 Å². The van der Waals surface area contributed by atoms with Crippen LogP contribution in [0.5, 0.6) is 5.75 Å². The van der Waals surface area contributed by atoms with Crippen molar-refractivity contribution in [1.29, 1.82) is 5.26 Å². The molecule has 5 heteroatoms. The van der Waals surface area contributed by atoms with Crippen molar-refractivity contribution < 1.29 is 14.6 Å². The van der Waals surface area contributed by atoms with Crippen molar-refractivity contribution in [1.82, 2.24) is 4.90 Å². The Morgan fingerprint density at radius 2 is 2.00 bits per heavy atom. The van der Waals surface area contributed by atoms with Crippen molar-refractivity contribution in [3.05, 3.63) is 65.2 Å². The van der Waals surface area contributed by atoms with E-state index >= 15 is 0 Å². The first kappa shape index (κ1) is 17.0. The van der Waals surface area contributed by atoms with E-state index in [1.807, 2.05) is 18.2 Å². The molecule has 0 saturated carbocycles. The third-order valence-corrected chi connectivity index (χ3v) is 4.46. The summed E-state index contributed by atoms with van der Waals surface area (Å²) in [6, 6.07) is 16.5. The van der Waals surface area contributed by atoms with Crippen LogP contribution >= 0.6 is 0 Å². The quantitative estimate of drug-likeness (QED) is 0.911. The Hall–Kier alpha value is -2.84. The number of hydrogen-bond donors (Lipinski definition) is 1. The third-order valence-electron chi connectivity index (χ3n) is 4.46. The zero-order valence-electron chi connectivity index (χ0n) is 13.9. The number of benzene rings is 2. The molecule has 0 aliphatic carbocycles. The predicted molar refractivity (Wildman–Crippen MR) is 93.0 cm³/mol. The average molecular weight is 336 g/mol. The lowest BCUT2D eigenvalue weighted by atomic mass is 10.1. The number of nitrogens with zero attached hydrogens (tertiary/aromatic N) is 2. The zero-order chi connectivity index (χ0) is 17.6. The Labute approximate surface area is 147 Å². The minimum atomic E-state index is -0.0164. The van der Waals surface area contributed by atoms with Crippen molar-refractivity contribution in [2.75, 3.05) is 19.7 Å². The summed E-state index contributed by atoms with van der Waals surface area (Å²) in [5.74, 6) is 0.822. The maximum atomic E-state index is 12.5. The van der Waals surface area contributed by atoms with Crippen LogP contribution in [0.4, 0.5) is 0 Å². The Morgan fingerprint density at radius 1 is 1.24 bits per heavy atom. The van der Waals surface area contributed by atoms with Crippen LogP contribution in [0, 0.1) is 17.2 Å². The molecule has 3 rings (SSSR count). The highest BCUT2D eigenvalue weighted by molar-refractivity contribution is 5.94. The summed E-state index contributed by atoms with van der Waals surface area (Å²) in [5.41, 5.74) is 2.04. The van der Waals surface area contributed by atoms with Gasteiger partial charge in [-0.1, -0.05) is 18.2 Å². The number of aliphatic hydroxyl groups is 1. The van der Waals surface area contributed by atoms with Gasteiger partial charge in [-0.05, 0) is 36.8 Å². The fourth-order valence-electron chi connectivity index (χ4n) is 2.96.